The van der Waals surface area contributed by atoms with Gasteiger partial charge in [-0.15, -0.1) is 0 Å². The molecule has 2 aromatic carbocycles. The summed E-state index contributed by atoms with van der Waals surface area (Å²) in [5.41, 5.74) is 4.68. The summed E-state index contributed by atoms with van der Waals surface area (Å²) in [5.74, 6) is -1.93. The minimum atomic E-state index is -1.82. The molecule has 0 aliphatic rings. The van der Waals surface area contributed by atoms with Gasteiger partial charge in [-0.25, -0.2) is 14.6 Å². The molecule has 0 aliphatic heterocycles. The molecule has 0 radical (unpaired) electrons. The van der Waals surface area contributed by atoms with Crippen LogP contribution < -0.4 is 10.1 Å². The van der Waals surface area contributed by atoms with Gasteiger partial charge in [0.05, 0.1) is 19.0 Å². The zero-order valence-electron chi connectivity index (χ0n) is 16.4. The van der Waals surface area contributed by atoms with Crippen LogP contribution in [-0.2, 0) is 23.2 Å². The molecule has 8 nitrogen and oxygen atoms in total. The van der Waals surface area contributed by atoms with E-state index >= 15 is 0 Å². The van der Waals surface area contributed by atoms with E-state index in [1.165, 1.54) is 11.1 Å². The number of benzene rings is 2. The van der Waals surface area contributed by atoms with Crippen molar-refractivity contribution in [1.82, 2.24) is 9.55 Å². The molecule has 0 aliphatic carbocycles. The second-order valence-electron chi connectivity index (χ2n) is 6.21. The lowest BCUT2D eigenvalue weighted by atomic mass is 10.1. The number of anilines is 1. The van der Waals surface area contributed by atoms with Crippen molar-refractivity contribution in [2.75, 3.05) is 12.4 Å². The predicted octanol–water partition coefficient (Wildman–Crippen LogP) is 3.17. The fourth-order valence-electron chi connectivity index (χ4n) is 2.53. The maximum atomic E-state index is 9.10. The van der Waals surface area contributed by atoms with E-state index in [0.717, 1.165) is 23.0 Å². The number of nitrogens with one attached hydrogen (secondary N) is 1. The number of hydrogen-bond acceptors (Lipinski definition) is 5. The van der Waals surface area contributed by atoms with Crippen LogP contribution in [0.4, 0.5) is 5.95 Å². The fraction of sp³-hybridized carbons (Fsp3) is 0.190. The Morgan fingerprint density at radius 3 is 2.34 bits per heavy atom. The predicted molar refractivity (Wildman–Crippen MR) is 109 cm³/mol. The van der Waals surface area contributed by atoms with E-state index in [-0.39, 0.29) is 0 Å². The number of carboxylic acids is 2. The highest BCUT2D eigenvalue weighted by Gasteiger charge is 2.08. The third kappa shape index (κ3) is 6.10. The van der Waals surface area contributed by atoms with Gasteiger partial charge in [0.2, 0.25) is 5.95 Å². The van der Waals surface area contributed by atoms with Crippen molar-refractivity contribution < 1.29 is 24.5 Å². The van der Waals surface area contributed by atoms with Crippen LogP contribution in [0.2, 0.25) is 0 Å². The number of rotatable bonds is 5. The van der Waals surface area contributed by atoms with Gasteiger partial charge in [0, 0.05) is 13.6 Å². The number of aromatic nitrogens is 2. The summed E-state index contributed by atoms with van der Waals surface area (Å²) in [7, 11) is 3.70. The Morgan fingerprint density at radius 1 is 1.10 bits per heavy atom. The molecule has 0 saturated heterocycles. The van der Waals surface area contributed by atoms with Crippen LogP contribution >= 0.6 is 0 Å². The Labute approximate surface area is 168 Å². The van der Waals surface area contributed by atoms with Crippen LogP contribution in [-0.4, -0.2) is 38.8 Å². The van der Waals surface area contributed by atoms with E-state index in [1.54, 1.807) is 7.11 Å². The van der Waals surface area contributed by atoms with Crippen molar-refractivity contribution >= 4 is 17.9 Å². The summed E-state index contributed by atoms with van der Waals surface area (Å²) in [5, 5.41) is 18.2. The molecule has 3 N–H and O–H groups in total. The molecular formula is C21H23N3O5. The van der Waals surface area contributed by atoms with Crippen LogP contribution in [0, 0.1) is 6.92 Å². The Morgan fingerprint density at radius 2 is 1.76 bits per heavy atom. The number of aryl methyl sites for hydroxylation is 1. The number of aliphatic carboxylic acids is 2. The van der Waals surface area contributed by atoms with Crippen LogP contribution in [0.5, 0.6) is 5.75 Å². The molecule has 0 bridgehead atoms. The highest BCUT2D eigenvalue weighted by molar-refractivity contribution is 6.27. The van der Waals surface area contributed by atoms with Crippen molar-refractivity contribution in [3.8, 4) is 17.0 Å². The second kappa shape index (κ2) is 9.93. The minimum Gasteiger partial charge on any atom is -0.497 e. The van der Waals surface area contributed by atoms with E-state index in [2.05, 4.69) is 52.1 Å². The zero-order chi connectivity index (χ0) is 21.4. The molecule has 0 unspecified atom stereocenters. The topological polar surface area (TPSA) is 114 Å². The lowest BCUT2D eigenvalue weighted by molar-refractivity contribution is -0.159. The van der Waals surface area contributed by atoms with Gasteiger partial charge in [0.25, 0.3) is 0 Å². The van der Waals surface area contributed by atoms with Crippen LogP contribution in [0.1, 0.15) is 11.1 Å². The molecular weight excluding hydrogens is 374 g/mol. The van der Waals surface area contributed by atoms with E-state index in [0.29, 0.717) is 6.54 Å². The Balaban J connectivity index is 0.000000438. The number of methoxy groups -OCH3 is 1. The highest BCUT2D eigenvalue weighted by atomic mass is 16.5. The molecule has 3 rings (SSSR count). The van der Waals surface area contributed by atoms with Gasteiger partial charge < -0.3 is 24.8 Å². The number of ether oxygens (including phenoxy) is 1. The average molecular weight is 397 g/mol. The van der Waals surface area contributed by atoms with Gasteiger partial charge in [0.15, 0.2) is 0 Å². The molecule has 3 aromatic rings. The number of carboxylic acid groups (broad SMARTS) is 2. The zero-order valence-corrected chi connectivity index (χ0v) is 16.4. The van der Waals surface area contributed by atoms with Gasteiger partial charge in [-0.05, 0) is 30.2 Å². The number of nitrogens with zero attached hydrogens (tertiary/aromatic N) is 2. The van der Waals surface area contributed by atoms with E-state index < -0.39 is 11.9 Å². The van der Waals surface area contributed by atoms with Crippen molar-refractivity contribution in [3.05, 3.63) is 65.9 Å². The molecule has 0 amide bonds. The monoisotopic (exact) mass is 397 g/mol. The Hall–Kier alpha value is -3.81. The van der Waals surface area contributed by atoms with E-state index in [4.69, 9.17) is 24.5 Å². The second-order valence-corrected chi connectivity index (χ2v) is 6.21. The fourth-order valence-corrected chi connectivity index (χ4v) is 2.53. The molecule has 1 aromatic heterocycles. The number of imidazole rings is 1. The molecule has 0 atom stereocenters. The van der Waals surface area contributed by atoms with Crippen LogP contribution in [0.3, 0.4) is 0 Å². The largest absolute Gasteiger partial charge is 0.497 e. The minimum absolute atomic E-state index is 0.704. The maximum absolute atomic E-state index is 9.10. The average Bonchev–Trinajstić information content (AvgIpc) is 3.08. The van der Waals surface area contributed by atoms with Gasteiger partial charge in [-0.3, -0.25) is 0 Å². The molecule has 29 heavy (non-hydrogen) atoms. The quantitative estimate of drug-likeness (QED) is 0.567. The van der Waals surface area contributed by atoms with Crippen molar-refractivity contribution in [2.24, 2.45) is 7.05 Å². The summed E-state index contributed by atoms with van der Waals surface area (Å²) >= 11 is 0. The number of hydrogen-bond donors (Lipinski definition) is 3. The third-order valence-electron chi connectivity index (χ3n) is 4.10. The SMILES string of the molecule is COc1cccc(CNc2ncc(-c3ccc(C)cc3)n2C)c1.O=C(O)C(=O)O. The molecule has 0 saturated carbocycles. The normalized spacial score (nSPS) is 9.90. The van der Waals surface area contributed by atoms with E-state index in [9.17, 15) is 0 Å². The number of carbonyl (C=O) groups is 2. The molecule has 0 fully saturated rings. The summed E-state index contributed by atoms with van der Waals surface area (Å²) in [6.07, 6.45) is 1.90. The van der Waals surface area contributed by atoms with Crippen molar-refractivity contribution in [3.63, 3.8) is 0 Å². The van der Waals surface area contributed by atoms with Crippen LogP contribution in [0.15, 0.2) is 54.7 Å². The van der Waals surface area contributed by atoms with Gasteiger partial charge in [0.1, 0.15) is 5.75 Å². The molecule has 0 spiro atoms. The summed E-state index contributed by atoms with van der Waals surface area (Å²) in [4.78, 5) is 22.7. The first-order chi connectivity index (χ1) is 13.8. The lowest BCUT2D eigenvalue weighted by Gasteiger charge is -2.09. The van der Waals surface area contributed by atoms with E-state index in [1.807, 2.05) is 31.4 Å². The standard InChI is InChI=1S/C19H21N3O.C2H2O4/c1-14-7-9-16(10-8-14)18-13-21-19(22(18)2)20-12-15-5-4-6-17(11-15)23-3;3-1(4)2(5)6/h4-11,13H,12H2,1-3H3,(H,20,21);(H,3,4)(H,5,6). The summed E-state index contributed by atoms with van der Waals surface area (Å²) in [6, 6.07) is 16.5. The molecule has 8 heteroatoms. The molecule has 152 valence electrons. The lowest BCUT2D eigenvalue weighted by Crippen LogP contribution is -2.09. The smallest absolute Gasteiger partial charge is 0.414 e. The third-order valence-corrected chi connectivity index (χ3v) is 4.10. The Bertz CT molecular complexity index is 968. The summed E-state index contributed by atoms with van der Waals surface area (Å²) < 4.78 is 7.33. The Kier molecular flexibility index (Phi) is 7.36. The van der Waals surface area contributed by atoms with Gasteiger partial charge >= 0.3 is 11.9 Å². The molecule has 1 heterocycles. The van der Waals surface area contributed by atoms with Crippen molar-refractivity contribution in [1.29, 1.82) is 0 Å². The van der Waals surface area contributed by atoms with Gasteiger partial charge in [-0.2, -0.15) is 0 Å². The first-order valence-corrected chi connectivity index (χ1v) is 8.73. The first-order valence-electron chi connectivity index (χ1n) is 8.73. The highest BCUT2D eigenvalue weighted by Crippen LogP contribution is 2.22. The first kappa shape index (κ1) is 21.5. The van der Waals surface area contributed by atoms with Crippen molar-refractivity contribution in [2.45, 2.75) is 13.5 Å². The summed E-state index contributed by atoms with van der Waals surface area (Å²) in [6.45, 7) is 2.80. The van der Waals surface area contributed by atoms with Gasteiger partial charge in [-0.1, -0.05) is 42.0 Å². The van der Waals surface area contributed by atoms with Crippen LogP contribution in [0.25, 0.3) is 11.3 Å². The maximum Gasteiger partial charge on any atom is 0.414 e.